The average molecular weight is 247 g/mol. The Morgan fingerprint density at radius 3 is 2.78 bits per heavy atom. The lowest BCUT2D eigenvalue weighted by Gasteiger charge is -2.28. The fourth-order valence-electron chi connectivity index (χ4n) is 2.43. The molecule has 1 atom stereocenters. The Morgan fingerprint density at radius 2 is 2.06 bits per heavy atom. The minimum atomic E-state index is 0.305. The molecule has 0 spiro atoms. The van der Waals surface area contributed by atoms with Gasteiger partial charge in [-0.05, 0) is 17.0 Å². The predicted molar refractivity (Wildman–Crippen MR) is 71.6 cm³/mol. The molecule has 0 radical (unpaired) electrons. The van der Waals surface area contributed by atoms with Gasteiger partial charge in [-0.25, -0.2) is 0 Å². The molecule has 0 bridgehead atoms. The third kappa shape index (κ3) is 3.40. The van der Waals surface area contributed by atoms with Crippen molar-refractivity contribution in [1.29, 1.82) is 0 Å². The van der Waals surface area contributed by atoms with Crippen LogP contribution in [0.25, 0.3) is 0 Å². The van der Waals surface area contributed by atoms with Crippen molar-refractivity contribution in [3.8, 4) is 0 Å². The van der Waals surface area contributed by atoms with Gasteiger partial charge in [0.2, 0.25) is 0 Å². The topological polar surface area (TPSA) is 29.5 Å². The number of hydrogen-bond acceptors (Lipinski definition) is 3. The van der Waals surface area contributed by atoms with Crippen molar-refractivity contribution < 1.29 is 9.53 Å². The molecule has 1 aliphatic heterocycles. The summed E-state index contributed by atoms with van der Waals surface area (Å²) in [5.41, 5.74) is 2.64. The minimum absolute atomic E-state index is 0.305. The lowest BCUT2D eigenvalue weighted by atomic mass is 9.93. The normalized spacial score (nSPS) is 18.5. The van der Waals surface area contributed by atoms with E-state index in [0.29, 0.717) is 12.3 Å². The van der Waals surface area contributed by atoms with Crippen LogP contribution in [0.2, 0.25) is 0 Å². The van der Waals surface area contributed by atoms with E-state index in [1.807, 2.05) is 0 Å². The molecule has 1 aromatic rings. The number of morpholine rings is 1. The second-order valence-electron chi connectivity index (χ2n) is 4.89. The number of ether oxygens (including phenoxy) is 1. The van der Waals surface area contributed by atoms with Crippen LogP contribution >= 0.6 is 0 Å². The Hall–Kier alpha value is -1.19. The largest absolute Gasteiger partial charge is 0.379 e. The van der Waals surface area contributed by atoms with Gasteiger partial charge in [-0.2, -0.15) is 0 Å². The molecule has 1 aromatic carbocycles. The molecule has 3 heteroatoms. The van der Waals surface area contributed by atoms with Crippen molar-refractivity contribution in [2.75, 3.05) is 26.3 Å². The molecule has 0 aromatic heterocycles. The fourth-order valence-corrected chi connectivity index (χ4v) is 2.43. The highest BCUT2D eigenvalue weighted by atomic mass is 16.5. The summed E-state index contributed by atoms with van der Waals surface area (Å²) in [6.07, 6.45) is 1.61. The molecule has 0 amide bonds. The smallest absolute Gasteiger partial charge is 0.120 e. The highest BCUT2D eigenvalue weighted by molar-refractivity contribution is 5.52. The van der Waals surface area contributed by atoms with Crippen LogP contribution in [0, 0.1) is 0 Å². The molecule has 1 unspecified atom stereocenters. The lowest BCUT2D eigenvalue weighted by Crippen LogP contribution is -2.35. The van der Waals surface area contributed by atoms with Crippen molar-refractivity contribution >= 4 is 6.29 Å². The molecule has 0 saturated carbocycles. The van der Waals surface area contributed by atoms with E-state index in [4.69, 9.17) is 4.74 Å². The van der Waals surface area contributed by atoms with Gasteiger partial charge in [-0.15, -0.1) is 0 Å². The molecule has 0 aliphatic carbocycles. The van der Waals surface area contributed by atoms with Gasteiger partial charge in [0.15, 0.2) is 0 Å². The summed E-state index contributed by atoms with van der Waals surface area (Å²) < 4.78 is 5.37. The third-order valence-electron chi connectivity index (χ3n) is 3.53. The van der Waals surface area contributed by atoms with Gasteiger partial charge >= 0.3 is 0 Å². The number of rotatable bonds is 5. The zero-order valence-electron chi connectivity index (χ0n) is 11.0. The minimum Gasteiger partial charge on any atom is -0.379 e. The second kappa shape index (κ2) is 6.66. The van der Waals surface area contributed by atoms with Crippen LogP contribution in [0.15, 0.2) is 24.3 Å². The van der Waals surface area contributed by atoms with Crippen molar-refractivity contribution in [3.63, 3.8) is 0 Å². The van der Waals surface area contributed by atoms with Crippen molar-refractivity contribution in [2.45, 2.75) is 25.8 Å². The van der Waals surface area contributed by atoms with Crippen molar-refractivity contribution in [3.05, 3.63) is 35.4 Å². The Bertz CT molecular complexity index is 386. The van der Waals surface area contributed by atoms with Gasteiger partial charge in [-0.1, -0.05) is 31.2 Å². The number of carbonyl (C=O) groups excluding carboxylic acids is 1. The lowest BCUT2D eigenvalue weighted by molar-refractivity contribution is -0.108. The molecule has 1 saturated heterocycles. The van der Waals surface area contributed by atoms with E-state index in [0.717, 1.165) is 39.1 Å². The number of nitrogens with zero attached hydrogens (tertiary/aromatic N) is 1. The second-order valence-corrected chi connectivity index (χ2v) is 4.89. The van der Waals surface area contributed by atoms with E-state index in [1.165, 1.54) is 11.1 Å². The molecule has 98 valence electrons. The molecular formula is C15H21NO2. The molecule has 2 rings (SSSR count). The Labute approximate surface area is 109 Å². The van der Waals surface area contributed by atoms with Gasteiger partial charge < -0.3 is 9.53 Å². The number of benzene rings is 1. The predicted octanol–water partition coefficient (Wildman–Crippen LogP) is 2.21. The number of aldehydes is 1. The van der Waals surface area contributed by atoms with E-state index >= 15 is 0 Å². The van der Waals surface area contributed by atoms with Crippen LogP contribution in [0.1, 0.15) is 30.4 Å². The first-order valence-electron chi connectivity index (χ1n) is 6.63. The van der Waals surface area contributed by atoms with E-state index < -0.39 is 0 Å². The molecular weight excluding hydrogens is 226 g/mol. The Morgan fingerprint density at radius 1 is 1.33 bits per heavy atom. The third-order valence-corrected chi connectivity index (χ3v) is 3.53. The summed E-state index contributed by atoms with van der Waals surface area (Å²) >= 11 is 0. The first-order chi connectivity index (χ1) is 8.81. The van der Waals surface area contributed by atoms with Gasteiger partial charge in [0.1, 0.15) is 6.29 Å². The van der Waals surface area contributed by atoms with Gasteiger partial charge in [0.05, 0.1) is 13.2 Å². The summed E-state index contributed by atoms with van der Waals surface area (Å²) in [6.45, 7) is 6.72. The average Bonchev–Trinajstić information content (AvgIpc) is 2.41. The van der Waals surface area contributed by atoms with E-state index in [1.54, 1.807) is 0 Å². The first-order valence-corrected chi connectivity index (χ1v) is 6.63. The van der Waals surface area contributed by atoms with Crippen LogP contribution in [-0.4, -0.2) is 37.5 Å². The van der Waals surface area contributed by atoms with Crippen molar-refractivity contribution in [2.24, 2.45) is 0 Å². The Balaban J connectivity index is 2.08. The van der Waals surface area contributed by atoms with E-state index in [2.05, 4.69) is 36.1 Å². The van der Waals surface area contributed by atoms with Gasteiger partial charge in [0, 0.05) is 26.1 Å². The highest BCUT2D eigenvalue weighted by Crippen LogP contribution is 2.23. The SMILES string of the molecule is CC(CC=O)c1ccccc1CN1CCOCC1. The van der Waals surface area contributed by atoms with Crippen LogP contribution in [-0.2, 0) is 16.1 Å². The van der Waals surface area contributed by atoms with Crippen LogP contribution < -0.4 is 0 Å². The summed E-state index contributed by atoms with van der Waals surface area (Å²) in [6, 6.07) is 8.45. The van der Waals surface area contributed by atoms with Gasteiger partial charge in [-0.3, -0.25) is 4.90 Å². The molecule has 0 N–H and O–H groups in total. The van der Waals surface area contributed by atoms with Crippen LogP contribution in [0.3, 0.4) is 0 Å². The zero-order valence-corrected chi connectivity index (χ0v) is 11.0. The molecule has 1 fully saturated rings. The standard InChI is InChI=1S/C15H21NO2/c1-13(6-9-17)15-5-3-2-4-14(15)12-16-7-10-18-11-8-16/h2-5,9,13H,6-8,10-12H2,1H3. The maximum atomic E-state index is 10.7. The first kappa shape index (κ1) is 13.2. The molecule has 1 heterocycles. The molecule has 1 aliphatic rings. The monoisotopic (exact) mass is 247 g/mol. The molecule has 3 nitrogen and oxygen atoms in total. The maximum absolute atomic E-state index is 10.7. The highest BCUT2D eigenvalue weighted by Gasteiger charge is 2.15. The van der Waals surface area contributed by atoms with Crippen LogP contribution in [0.4, 0.5) is 0 Å². The zero-order chi connectivity index (χ0) is 12.8. The Kier molecular flexibility index (Phi) is 4.90. The summed E-state index contributed by atoms with van der Waals surface area (Å²) in [5.74, 6) is 0.305. The summed E-state index contributed by atoms with van der Waals surface area (Å²) in [4.78, 5) is 13.1. The number of carbonyl (C=O) groups is 1. The van der Waals surface area contributed by atoms with E-state index in [9.17, 15) is 4.79 Å². The maximum Gasteiger partial charge on any atom is 0.120 e. The van der Waals surface area contributed by atoms with E-state index in [-0.39, 0.29) is 0 Å². The van der Waals surface area contributed by atoms with Crippen molar-refractivity contribution in [1.82, 2.24) is 4.90 Å². The quantitative estimate of drug-likeness (QED) is 0.747. The fraction of sp³-hybridized carbons (Fsp3) is 0.533. The molecule has 18 heavy (non-hydrogen) atoms. The summed E-state index contributed by atoms with van der Waals surface area (Å²) in [5, 5.41) is 0. The van der Waals surface area contributed by atoms with Crippen LogP contribution in [0.5, 0.6) is 0 Å². The van der Waals surface area contributed by atoms with Gasteiger partial charge in [0.25, 0.3) is 0 Å². The number of hydrogen-bond donors (Lipinski definition) is 0. The summed E-state index contributed by atoms with van der Waals surface area (Å²) in [7, 11) is 0.